The Morgan fingerprint density at radius 2 is 2.10 bits per heavy atom. The van der Waals surface area contributed by atoms with Gasteiger partial charge in [-0.05, 0) is 36.6 Å². The molecule has 110 valence electrons. The van der Waals surface area contributed by atoms with Crippen molar-refractivity contribution in [3.8, 4) is 5.75 Å². The van der Waals surface area contributed by atoms with Crippen molar-refractivity contribution in [1.82, 2.24) is 4.90 Å². The second kappa shape index (κ2) is 6.02. The van der Waals surface area contributed by atoms with Crippen molar-refractivity contribution in [2.24, 2.45) is 5.73 Å². The average Bonchev–Trinajstić information content (AvgIpc) is 2.80. The van der Waals surface area contributed by atoms with Crippen LogP contribution in [-0.4, -0.2) is 43.9 Å². The molecule has 2 bridgehead atoms. The molecule has 1 aromatic carbocycles. The van der Waals surface area contributed by atoms with E-state index in [1.165, 1.54) is 18.4 Å². The van der Waals surface area contributed by atoms with E-state index in [0.29, 0.717) is 18.8 Å². The Bertz CT molecular complexity index is 471. The van der Waals surface area contributed by atoms with E-state index in [-0.39, 0.29) is 6.04 Å². The number of benzene rings is 1. The Morgan fingerprint density at radius 3 is 2.70 bits per heavy atom. The van der Waals surface area contributed by atoms with Gasteiger partial charge in [-0.15, -0.1) is 0 Å². The molecule has 0 aliphatic carbocycles. The fourth-order valence-corrected chi connectivity index (χ4v) is 3.79. The van der Waals surface area contributed by atoms with E-state index in [1.54, 1.807) is 7.11 Å². The number of methoxy groups -OCH3 is 1. The highest BCUT2D eigenvalue weighted by atomic mass is 79.9. The average molecular weight is 341 g/mol. The Morgan fingerprint density at radius 1 is 1.40 bits per heavy atom. The van der Waals surface area contributed by atoms with Crippen molar-refractivity contribution < 1.29 is 9.47 Å². The molecule has 4 nitrogen and oxygen atoms in total. The maximum absolute atomic E-state index is 6.06. The first-order valence-electron chi connectivity index (χ1n) is 7.14. The zero-order chi connectivity index (χ0) is 14.1. The van der Waals surface area contributed by atoms with Gasteiger partial charge in [0.15, 0.2) is 0 Å². The third-order valence-corrected chi connectivity index (χ3v) is 5.02. The molecule has 2 N–H and O–H groups in total. The Labute approximate surface area is 128 Å². The number of morpholine rings is 1. The minimum atomic E-state index is 0.214. The van der Waals surface area contributed by atoms with E-state index in [9.17, 15) is 0 Å². The number of likely N-dealkylation sites (tertiary alicyclic amines) is 1. The maximum atomic E-state index is 6.06. The van der Waals surface area contributed by atoms with Crippen LogP contribution in [0, 0.1) is 0 Å². The molecule has 3 unspecified atom stereocenters. The van der Waals surface area contributed by atoms with Crippen LogP contribution in [0.2, 0.25) is 0 Å². The van der Waals surface area contributed by atoms with E-state index >= 15 is 0 Å². The predicted molar refractivity (Wildman–Crippen MR) is 82.0 cm³/mol. The van der Waals surface area contributed by atoms with Crippen molar-refractivity contribution >= 4 is 15.9 Å². The minimum absolute atomic E-state index is 0.214. The van der Waals surface area contributed by atoms with Gasteiger partial charge in [0.05, 0.1) is 19.3 Å². The molecule has 2 heterocycles. The normalized spacial score (nSPS) is 27.6. The van der Waals surface area contributed by atoms with E-state index < -0.39 is 0 Å². The third kappa shape index (κ3) is 2.72. The molecule has 2 aliphatic heterocycles. The summed E-state index contributed by atoms with van der Waals surface area (Å²) in [5.41, 5.74) is 7.27. The van der Waals surface area contributed by atoms with Gasteiger partial charge in [0.1, 0.15) is 5.75 Å². The van der Waals surface area contributed by atoms with Crippen LogP contribution < -0.4 is 10.5 Å². The molecule has 5 heteroatoms. The summed E-state index contributed by atoms with van der Waals surface area (Å²) in [4.78, 5) is 2.46. The molecule has 2 saturated heterocycles. The quantitative estimate of drug-likeness (QED) is 0.913. The molecule has 3 atom stereocenters. The lowest BCUT2D eigenvalue weighted by Gasteiger charge is -2.38. The minimum Gasteiger partial charge on any atom is -0.497 e. The van der Waals surface area contributed by atoms with Crippen LogP contribution in [0.3, 0.4) is 0 Å². The van der Waals surface area contributed by atoms with Crippen molar-refractivity contribution in [3.05, 3.63) is 28.2 Å². The van der Waals surface area contributed by atoms with Gasteiger partial charge in [-0.2, -0.15) is 0 Å². The molecule has 0 spiro atoms. The van der Waals surface area contributed by atoms with Crippen LogP contribution in [-0.2, 0) is 4.74 Å². The van der Waals surface area contributed by atoms with Crippen molar-refractivity contribution in [2.75, 3.05) is 26.7 Å². The van der Waals surface area contributed by atoms with Crippen LogP contribution in [0.1, 0.15) is 24.4 Å². The first kappa shape index (κ1) is 14.3. The van der Waals surface area contributed by atoms with Crippen LogP contribution in [0.4, 0.5) is 0 Å². The second-order valence-electron chi connectivity index (χ2n) is 5.55. The van der Waals surface area contributed by atoms with E-state index in [2.05, 4.69) is 26.9 Å². The summed E-state index contributed by atoms with van der Waals surface area (Å²) in [6.07, 6.45) is 3.12. The van der Waals surface area contributed by atoms with E-state index in [1.807, 2.05) is 12.1 Å². The molecule has 1 aromatic rings. The number of halogens is 1. The number of ether oxygens (including phenoxy) is 2. The highest BCUT2D eigenvalue weighted by Crippen LogP contribution is 2.35. The number of nitrogens with zero attached hydrogens (tertiary/aromatic N) is 1. The van der Waals surface area contributed by atoms with E-state index in [0.717, 1.165) is 23.3 Å². The highest BCUT2D eigenvalue weighted by Gasteiger charge is 2.37. The fourth-order valence-electron chi connectivity index (χ4n) is 3.28. The summed E-state index contributed by atoms with van der Waals surface area (Å²) < 4.78 is 12.3. The number of fused-ring (bicyclic) bond motifs is 2. The Hall–Kier alpha value is -0.620. The first-order valence-corrected chi connectivity index (χ1v) is 7.93. The lowest BCUT2D eigenvalue weighted by atomic mass is 10.0. The van der Waals surface area contributed by atoms with Gasteiger partial charge in [0, 0.05) is 30.1 Å². The van der Waals surface area contributed by atoms with Crippen LogP contribution in [0.15, 0.2) is 22.7 Å². The summed E-state index contributed by atoms with van der Waals surface area (Å²) in [5.74, 6) is 0.873. The molecule has 0 aromatic heterocycles. The van der Waals surface area contributed by atoms with Gasteiger partial charge < -0.3 is 15.2 Å². The molecular formula is C15H21BrN2O2. The van der Waals surface area contributed by atoms with Gasteiger partial charge in [-0.25, -0.2) is 0 Å². The highest BCUT2D eigenvalue weighted by molar-refractivity contribution is 9.10. The largest absolute Gasteiger partial charge is 0.497 e. The molecule has 2 aliphatic rings. The summed E-state index contributed by atoms with van der Waals surface area (Å²) in [7, 11) is 1.69. The monoisotopic (exact) mass is 340 g/mol. The summed E-state index contributed by atoms with van der Waals surface area (Å²) in [6, 6.07) is 6.29. The standard InChI is InChI=1S/C15H21BrN2O2/c1-19-10-4-5-14(16)13(6-10)15(7-17)18-8-11-2-3-12(9-18)20-11/h4-6,11-12,15H,2-3,7-9,17H2,1H3. The third-order valence-electron chi connectivity index (χ3n) is 4.30. The van der Waals surface area contributed by atoms with Gasteiger partial charge in [-0.3, -0.25) is 4.90 Å². The lowest BCUT2D eigenvalue weighted by Crippen LogP contribution is -2.46. The van der Waals surface area contributed by atoms with Gasteiger partial charge >= 0.3 is 0 Å². The number of hydrogen-bond acceptors (Lipinski definition) is 4. The van der Waals surface area contributed by atoms with Crippen molar-refractivity contribution in [1.29, 1.82) is 0 Å². The topological polar surface area (TPSA) is 47.7 Å². The number of hydrogen-bond donors (Lipinski definition) is 1. The Balaban J connectivity index is 1.86. The molecule has 0 saturated carbocycles. The van der Waals surface area contributed by atoms with Gasteiger partial charge in [0.2, 0.25) is 0 Å². The molecule has 2 fully saturated rings. The molecular weight excluding hydrogens is 320 g/mol. The van der Waals surface area contributed by atoms with Gasteiger partial charge in [-0.1, -0.05) is 15.9 Å². The van der Waals surface area contributed by atoms with Crippen molar-refractivity contribution in [3.63, 3.8) is 0 Å². The number of nitrogens with two attached hydrogens (primary N) is 1. The summed E-state index contributed by atoms with van der Waals surface area (Å²) in [5, 5.41) is 0. The SMILES string of the molecule is COc1ccc(Br)c(C(CN)N2CC3CCC(C2)O3)c1. The smallest absolute Gasteiger partial charge is 0.119 e. The van der Waals surface area contributed by atoms with Crippen LogP contribution in [0.5, 0.6) is 5.75 Å². The van der Waals surface area contributed by atoms with Crippen molar-refractivity contribution in [2.45, 2.75) is 31.1 Å². The molecule has 3 rings (SSSR count). The lowest BCUT2D eigenvalue weighted by molar-refractivity contribution is -0.0522. The fraction of sp³-hybridized carbons (Fsp3) is 0.600. The summed E-state index contributed by atoms with van der Waals surface area (Å²) in [6.45, 7) is 2.55. The van der Waals surface area contributed by atoms with Crippen LogP contribution >= 0.6 is 15.9 Å². The second-order valence-corrected chi connectivity index (χ2v) is 6.40. The predicted octanol–water partition coefficient (Wildman–Crippen LogP) is 2.32. The van der Waals surface area contributed by atoms with E-state index in [4.69, 9.17) is 15.2 Å². The zero-order valence-corrected chi connectivity index (χ0v) is 13.3. The molecule has 20 heavy (non-hydrogen) atoms. The number of rotatable bonds is 4. The van der Waals surface area contributed by atoms with Crippen LogP contribution in [0.25, 0.3) is 0 Å². The molecule has 0 radical (unpaired) electrons. The van der Waals surface area contributed by atoms with Gasteiger partial charge in [0.25, 0.3) is 0 Å². The summed E-state index contributed by atoms with van der Waals surface area (Å²) >= 11 is 3.64. The Kier molecular flexibility index (Phi) is 4.31. The zero-order valence-electron chi connectivity index (χ0n) is 11.7. The molecule has 0 amide bonds. The maximum Gasteiger partial charge on any atom is 0.119 e. The first-order chi connectivity index (χ1) is 9.71.